The summed E-state index contributed by atoms with van der Waals surface area (Å²) in [5.41, 5.74) is 3.49. The Morgan fingerprint density at radius 1 is 0.972 bits per heavy atom. The van der Waals surface area contributed by atoms with Crippen LogP contribution in [-0.2, 0) is 16.2 Å². The summed E-state index contributed by atoms with van der Waals surface area (Å²) >= 11 is 3.53. The molecule has 7 nitrogen and oxygen atoms in total. The van der Waals surface area contributed by atoms with Crippen LogP contribution in [0.2, 0.25) is 0 Å². The minimum absolute atomic E-state index is 0.164. The van der Waals surface area contributed by atoms with Crippen LogP contribution in [0.3, 0.4) is 0 Å². The topological polar surface area (TPSA) is 84.9 Å². The Morgan fingerprint density at radius 3 is 2.44 bits per heavy atom. The van der Waals surface area contributed by atoms with Gasteiger partial charge < -0.3 is 9.47 Å². The summed E-state index contributed by atoms with van der Waals surface area (Å²) in [5.74, 6) is -0.490. The third kappa shape index (κ3) is 5.18. The molecule has 0 unspecified atom stereocenters. The number of aryl methyl sites for hydroxylation is 1. The molecule has 0 saturated carbocycles. The quantitative estimate of drug-likeness (QED) is 0.302. The van der Waals surface area contributed by atoms with E-state index in [1.54, 1.807) is 24.3 Å². The van der Waals surface area contributed by atoms with E-state index in [2.05, 4.69) is 21.2 Å². The number of urea groups is 1. The van der Waals surface area contributed by atoms with Crippen molar-refractivity contribution in [3.05, 3.63) is 93.0 Å². The lowest BCUT2D eigenvalue weighted by Crippen LogP contribution is -2.54. The molecule has 0 aromatic heterocycles. The first kappa shape index (κ1) is 25.2. The molecule has 8 heteroatoms. The predicted molar refractivity (Wildman–Crippen MR) is 141 cm³/mol. The second kappa shape index (κ2) is 10.8. The monoisotopic (exact) mass is 548 g/mol. The van der Waals surface area contributed by atoms with Crippen molar-refractivity contribution in [2.24, 2.45) is 0 Å². The molecule has 1 fully saturated rings. The number of carbonyl (C=O) groups is 3. The van der Waals surface area contributed by atoms with Crippen LogP contribution in [0.15, 0.2) is 70.7 Å². The van der Waals surface area contributed by atoms with Crippen LogP contribution < -0.4 is 19.7 Å². The summed E-state index contributed by atoms with van der Waals surface area (Å²) in [6.45, 7) is 6.30. The first-order valence-electron chi connectivity index (χ1n) is 11.4. The number of barbiturate groups is 1. The maximum absolute atomic E-state index is 13.3. The van der Waals surface area contributed by atoms with Crippen molar-refractivity contribution >= 4 is 45.5 Å². The number of amides is 4. The third-order valence-corrected chi connectivity index (χ3v) is 6.38. The van der Waals surface area contributed by atoms with Crippen molar-refractivity contribution in [2.45, 2.75) is 27.4 Å². The molecule has 0 radical (unpaired) electrons. The molecular weight excluding hydrogens is 524 g/mol. The number of imide groups is 2. The number of anilines is 1. The van der Waals surface area contributed by atoms with Crippen LogP contribution in [0.4, 0.5) is 10.5 Å². The van der Waals surface area contributed by atoms with Gasteiger partial charge in [0.05, 0.1) is 16.8 Å². The van der Waals surface area contributed by atoms with Gasteiger partial charge in [0.1, 0.15) is 12.2 Å². The van der Waals surface area contributed by atoms with E-state index in [0.29, 0.717) is 40.4 Å². The SMILES string of the molecule is CCOc1cc(/C=C2\C(=O)NC(=O)N(c3cccc(C)c3C)C2=O)cc(Br)c1OCc1ccccc1. The minimum Gasteiger partial charge on any atom is -0.490 e. The maximum atomic E-state index is 13.3. The fourth-order valence-electron chi connectivity index (χ4n) is 3.82. The van der Waals surface area contributed by atoms with Crippen molar-refractivity contribution in [3.8, 4) is 11.5 Å². The van der Waals surface area contributed by atoms with Crippen LogP contribution >= 0.6 is 15.9 Å². The maximum Gasteiger partial charge on any atom is 0.335 e. The minimum atomic E-state index is -0.781. The number of nitrogens with one attached hydrogen (secondary N) is 1. The average Bonchev–Trinajstić information content (AvgIpc) is 2.84. The van der Waals surface area contributed by atoms with Gasteiger partial charge in [-0.05, 0) is 83.2 Å². The zero-order chi connectivity index (χ0) is 25.8. The van der Waals surface area contributed by atoms with Gasteiger partial charge in [-0.3, -0.25) is 14.9 Å². The van der Waals surface area contributed by atoms with E-state index in [-0.39, 0.29) is 5.57 Å². The second-order valence-corrected chi connectivity index (χ2v) is 9.07. The zero-order valence-corrected chi connectivity index (χ0v) is 21.7. The summed E-state index contributed by atoms with van der Waals surface area (Å²) in [7, 11) is 0. The summed E-state index contributed by atoms with van der Waals surface area (Å²) in [4.78, 5) is 39.6. The highest BCUT2D eigenvalue weighted by molar-refractivity contribution is 9.10. The van der Waals surface area contributed by atoms with Gasteiger partial charge in [-0.2, -0.15) is 0 Å². The zero-order valence-electron chi connectivity index (χ0n) is 20.1. The van der Waals surface area contributed by atoms with Crippen molar-refractivity contribution in [1.82, 2.24) is 5.32 Å². The summed E-state index contributed by atoms with van der Waals surface area (Å²) < 4.78 is 12.4. The average molecular weight is 549 g/mol. The second-order valence-electron chi connectivity index (χ2n) is 8.21. The number of rotatable bonds is 7. The molecule has 1 aliphatic heterocycles. The molecule has 3 aromatic carbocycles. The van der Waals surface area contributed by atoms with Gasteiger partial charge in [-0.1, -0.05) is 42.5 Å². The van der Waals surface area contributed by atoms with Crippen molar-refractivity contribution < 1.29 is 23.9 Å². The Hall–Kier alpha value is -3.91. The van der Waals surface area contributed by atoms with E-state index in [4.69, 9.17) is 9.47 Å². The summed E-state index contributed by atoms with van der Waals surface area (Å²) in [5, 5.41) is 2.27. The lowest BCUT2D eigenvalue weighted by atomic mass is 10.0. The molecule has 0 atom stereocenters. The Morgan fingerprint density at radius 2 is 1.72 bits per heavy atom. The number of ether oxygens (including phenoxy) is 2. The van der Waals surface area contributed by atoms with E-state index in [1.165, 1.54) is 6.08 Å². The fraction of sp³-hybridized carbons (Fsp3) is 0.179. The Bertz CT molecular complexity index is 1370. The number of halogens is 1. The fourth-order valence-corrected chi connectivity index (χ4v) is 4.40. The van der Waals surface area contributed by atoms with Crippen LogP contribution in [0.5, 0.6) is 11.5 Å². The molecule has 36 heavy (non-hydrogen) atoms. The van der Waals surface area contributed by atoms with E-state index < -0.39 is 17.8 Å². The normalized spacial score (nSPS) is 14.7. The van der Waals surface area contributed by atoms with Crippen LogP contribution in [0.25, 0.3) is 6.08 Å². The van der Waals surface area contributed by atoms with Gasteiger partial charge in [-0.15, -0.1) is 0 Å². The molecular formula is C28H25BrN2O5. The van der Waals surface area contributed by atoms with Gasteiger partial charge in [0.2, 0.25) is 0 Å². The molecule has 1 N–H and O–H groups in total. The highest BCUT2D eigenvalue weighted by atomic mass is 79.9. The highest BCUT2D eigenvalue weighted by Crippen LogP contribution is 2.38. The van der Waals surface area contributed by atoms with E-state index >= 15 is 0 Å². The molecule has 1 heterocycles. The third-order valence-electron chi connectivity index (χ3n) is 5.79. The number of carbonyl (C=O) groups excluding carboxylic acids is 3. The van der Waals surface area contributed by atoms with Crippen LogP contribution in [-0.4, -0.2) is 24.5 Å². The molecule has 0 aliphatic carbocycles. The standard InChI is InChI=1S/C28H25BrN2O5/c1-4-35-24-15-20(14-22(29)25(24)36-16-19-10-6-5-7-11-19)13-21-26(32)30-28(34)31(27(21)33)23-12-8-9-17(2)18(23)3/h5-15H,4,16H2,1-3H3,(H,30,32,34)/b21-13+. The predicted octanol–water partition coefficient (Wildman–Crippen LogP) is 5.71. The smallest absolute Gasteiger partial charge is 0.335 e. The lowest BCUT2D eigenvalue weighted by molar-refractivity contribution is -0.122. The van der Waals surface area contributed by atoms with Gasteiger partial charge >= 0.3 is 6.03 Å². The number of nitrogens with zero attached hydrogens (tertiary/aromatic N) is 1. The Labute approximate surface area is 217 Å². The number of benzene rings is 3. The molecule has 0 spiro atoms. The van der Waals surface area contributed by atoms with Crippen molar-refractivity contribution in [2.75, 3.05) is 11.5 Å². The molecule has 0 bridgehead atoms. The lowest BCUT2D eigenvalue weighted by Gasteiger charge is -2.28. The summed E-state index contributed by atoms with van der Waals surface area (Å²) in [6.07, 6.45) is 1.44. The first-order chi connectivity index (χ1) is 17.3. The molecule has 1 aliphatic rings. The van der Waals surface area contributed by atoms with E-state index in [9.17, 15) is 14.4 Å². The molecule has 4 rings (SSSR count). The Kier molecular flexibility index (Phi) is 7.55. The molecule has 4 amide bonds. The largest absolute Gasteiger partial charge is 0.490 e. The van der Waals surface area contributed by atoms with Gasteiger partial charge in [0.25, 0.3) is 11.8 Å². The number of hydrogen-bond acceptors (Lipinski definition) is 5. The van der Waals surface area contributed by atoms with Crippen molar-refractivity contribution in [1.29, 1.82) is 0 Å². The van der Waals surface area contributed by atoms with E-state index in [1.807, 2.05) is 57.2 Å². The van der Waals surface area contributed by atoms with E-state index in [0.717, 1.165) is 21.6 Å². The van der Waals surface area contributed by atoms with Gasteiger partial charge in [-0.25, -0.2) is 9.69 Å². The number of hydrogen-bond donors (Lipinski definition) is 1. The molecule has 3 aromatic rings. The van der Waals surface area contributed by atoms with Crippen molar-refractivity contribution in [3.63, 3.8) is 0 Å². The highest BCUT2D eigenvalue weighted by Gasteiger charge is 2.37. The Balaban J connectivity index is 1.69. The van der Waals surface area contributed by atoms with Gasteiger partial charge in [0, 0.05) is 0 Å². The van der Waals surface area contributed by atoms with Crippen LogP contribution in [0.1, 0.15) is 29.2 Å². The first-order valence-corrected chi connectivity index (χ1v) is 12.2. The van der Waals surface area contributed by atoms with Crippen LogP contribution in [0, 0.1) is 13.8 Å². The molecule has 1 saturated heterocycles. The molecule has 184 valence electrons. The van der Waals surface area contributed by atoms with Gasteiger partial charge in [0.15, 0.2) is 11.5 Å². The summed E-state index contributed by atoms with van der Waals surface area (Å²) in [6, 6.07) is 17.7.